The number of ether oxygens (including phenoxy) is 2. The molecule has 0 aliphatic carbocycles. The number of carbonyl (C=O) groups excluding carboxylic acids is 3. The van der Waals surface area contributed by atoms with E-state index in [-0.39, 0.29) is 30.3 Å². The van der Waals surface area contributed by atoms with Gasteiger partial charge in [-0.15, -0.1) is 0 Å². The molecule has 156 valence electrons. The zero-order valence-corrected chi connectivity index (χ0v) is 17.2. The molecule has 30 heavy (non-hydrogen) atoms. The second kappa shape index (κ2) is 8.36. The Morgan fingerprint density at radius 3 is 2.30 bits per heavy atom. The van der Waals surface area contributed by atoms with Gasteiger partial charge >= 0.3 is 0 Å². The average Bonchev–Trinajstić information content (AvgIpc) is 3.20. The molecule has 8 heteroatoms. The molecule has 0 atom stereocenters. The normalized spacial score (nSPS) is 15.7. The highest BCUT2D eigenvalue weighted by Crippen LogP contribution is 2.37. The number of rotatable bonds is 4. The summed E-state index contributed by atoms with van der Waals surface area (Å²) in [5.74, 6) is 0.331. The number of halogens is 1. The van der Waals surface area contributed by atoms with E-state index in [0.29, 0.717) is 59.3 Å². The molecule has 1 fully saturated rings. The van der Waals surface area contributed by atoms with E-state index in [2.05, 4.69) is 5.32 Å². The molecule has 1 N–H and O–H groups in total. The fraction of sp³-hybridized carbons (Fsp3) is 0.318. The minimum Gasteiger partial charge on any atom is -0.454 e. The molecule has 0 saturated carbocycles. The number of hydrogen-bond donors (Lipinski definition) is 1. The molecule has 7 nitrogen and oxygen atoms in total. The van der Waals surface area contributed by atoms with Gasteiger partial charge in [0.15, 0.2) is 17.3 Å². The zero-order chi connectivity index (χ0) is 21.3. The van der Waals surface area contributed by atoms with Crippen LogP contribution in [0.2, 0.25) is 5.02 Å². The molecule has 0 bridgehead atoms. The Bertz CT molecular complexity index is 997. The molecule has 2 aromatic carbocycles. The third-order valence-electron chi connectivity index (χ3n) is 5.39. The van der Waals surface area contributed by atoms with Gasteiger partial charge in [-0.1, -0.05) is 11.6 Å². The van der Waals surface area contributed by atoms with Gasteiger partial charge in [0, 0.05) is 41.2 Å². The number of ketones is 1. The summed E-state index contributed by atoms with van der Waals surface area (Å²) < 4.78 is 10.7. The molecule has 0 aromatic heterocycles. The van der Waals surface area contributed by atoms with Crippen molar-refractivity contribution in [1.82, 2.24) is 4.90 Å². The lowest BCUT2D eigenvalue weighted by Crippen LogP contribution is -2.41. The van der Waals surface area contributed by atoms with E-state index >= 15 is 0 Å². The van der Waals surface area contributed by atoms with E-state index in [1.165, 1.54) is 6.92 Å². The number of nitrogens with zero attached hydrogens (tertiary/aromatic N) is 1. The fourth-order valence-electron chi connectivity index (χ4n) is 3.69. The molecular formula is C22H21ClN2O5. The van der Waals surface area contributed by atoms with Crippen LogP contribution in [0.1, 0.15) is 40.5 Å². The molecule has 1 saturated heterocycles. The first-order chi connectivity index (χ1) is 14.4. The van der Waals surface area contributed by atoms with Gasteiger partial charge in [-0.25, -0.2) is 0 Å². The zero-order valence-electron chi connectivity index (χ0n) is 16.4. The lowest BCUT2D eigenvalue weighted by Gasteiger charge is -2.31. The van der Waals surface area contributed by atoms with Crippen molar-refractivity contribution in [1.29, 1.82) is 0 Å². The van der Waals surface area contributed by atoms with Crippen LogP contribution in [0.5, 0.6) is 11.5 Å². The van der Waals surface area contributed by atoms with Crippen LogP contribution < -0.4 is 14.8 Å². The van der Waals surface area contributed by atoms with Gasteiger partial charge in [0.1, 0.15) is 0 Å². The number of carbonyl (C=O) groups is 3. The summed E-state index contributed by atoms with van der Waals surface area (Å²) >= 11 is 5.88. The first kappa shape index (κ1) is 20.2. The van der Waals surface area contributed by atoms with Gasteiger partial charge in [0.2, 0.25) is 12.7 Å². The largest absolute Gasteiger partial charge is 0.454 e. The summed E-state index contributed by atoms with van der Waals surface area (Å²) in [6, 6.07) is 9.99. The Morgan fingerprint density at radius 2 is 1.67 bits per heavy atom. The Kier molecular flexibility index (Phi) is 5.63. The number of fused-ring (bicyclic) bond motifs is 1. The van der Waals surface area contributed by atoms with Crippen LogP contribution >= 0.6 is 11.6 Å². The van der Waals surface area contributed by atoms with Crippen molar-refractivity contribution in [3.8, 4) is 11.5 Å². The molecule has 0 unspecified atom stereocenters. The van der Waals surface area contributed by atoms with E-state index < -0.39 is 0 Å². The molecular weight excluding hydrogens is 408 g/mol. The Balaban J connectivity index is 1.40. The number of likely N-dealkylation sites (tertiary alicyclic amines) is 1. The van der Waals surface area contributed by atoms with Crippen molar-refractivity contribution >= 4 is 34.9 Å². The van der Waals surface area contributed by atoms with E-state index in [1.54, 1.807) is 41.3 Å². The highest BCUT2D eigenvalue weighted by atomic mass is 35.5. The van der Waals surface area contributed by atoms with Crippen molar-refractivity contribution in [2.75, 3.05) is 25.2 Å². The van der Waals surface area contributed by atoms with Gasteiger partial charge in [-0.3, -0.25) is 14.4 Å². The predicted octanol–water partition coefficient (Wildman–Crippen LogP) is 3.76. The molecule has 2 heterocycles. The van der Waals surface area contributed by atoms with E-state index in [9.17, 15) is 14.4 Å². The molecule has 2 aromatic rings. The van der Waals surface area contributed by atoms with Crippen LogP contribution in [0, 0.1) is 5.92 Å². The Labute approximate surface area is 178 Å². The maximum atomic E-state index is 12.8. The average molecular weight is 429 g/mol. The van der Waals surface area contributed by atoms with E-state index in [4.69, 9.17) is 21.1 Å². The minimum atomic E-state index is -0.246. The molecule has 0 radical (unpaired) electrons. The fourth-order valence-corrected chi connectivity index (χ4v) is 3.82. The number of benzene rings is 2. The summed E-state index contributed by atoms with van der Waals surface area (Å²) in [7, 11) is 0. The van der Waals surface area contributed by atoms with Crippen LogP contribution in [0.15, 0.2) is 36.4 Å². The quantitative estimate of drug-likeness (QED) is 0.749. The maximum absolute atomic E-state index is 12.8. The number of nitrogens with one attached hydrogen (secondary N) is 1. The van der Waals surface area contributed by atoms with Crippen molar-refractivity contribution < 1.29 is 23.9 Å². The minimum absolute atomic E-state index is 0.0693. The lowest BCUT2D eigenvalue weighted by molar-refractivity contribution is -0.121. The highest BCUT2D eigenvalue weighted by Gasteiger charge is 2.29. The van der Waals surface area contributed by atoms with Crippen LogP contribution in [-0.2, 0) is 4.79 Å². The van der Waals surface area contributed by atoms with Gasteiger partial charge in [0.05, 0.1) is 5.69 Å². The Morgan fingerprint density at radius 1 is 1.03 bits per heavy atom. The summed E-state index contributed by atoms with van der Waals surface area (Å²) in [6.07, 6.45) is 1.09. The molecule has 2 aliphatic rings. The number of piperidine rings is 1. The monoisotopic (exact) mass is 428 g/mol. The van der Waals surface area contributed by atoms with Gasteiger partial charge < -0.3 is 19.7 Å². The summed E-state index contributed by atoms with van der Waals surface area (Å²) in [5, 5.41) is 3.44. The smallest absolute Gasteiger partial charge is 0.253 e. The van der Waals surface area contributed by atoms with Gasteiger partial charge in [-0.2, -0.15) is 0 Å². The van der Waals surface area contributed by atoms with E-state index in [0.717, 1.165) is 0 Å². The van der Waals surface area contributed by atoms with Crippen molar-refractivity contribution in [2.45, 2.75) is 19.8 Å². The number of amides is 2. The summed E-state index contributed by atoms with van der Waals surface area (Å²) in [5.41, 5.74) is 1.37. The highest BCUT2D eigenvalue weighted by molar-refractivity contribution is 6.30. The number of hydrogen-bond acceptors (Lipinski definition) is 5. The topological polar surface area (TPSA) is 84.9 Å². The van der Waals surface area contributed by atoms with Crippen molar-refractivity contribution in [2.24, 2.45) is 5.92 Å². The van der Waals surface area contributed by atoms with Crippen LogP contribution in [-0.4, -0.2) is 42.4 Å². The molecule has 4 rings (SSSR count). The molecule has 2 aliphatic heterocycles. The maximum Gasteiger partial charge on any atom is 0.253 e. The SMILES string of the molecule is CC(=O)c1cc2c(cc1NC(=O)C1CCN(C(=O)c3ccc(Cl)cc3)CC1)OCO2. The van der Waals surface area contributed by atoms with Gasteiger partial charge in [0.25, 0.3) is 5.91 Å². The van der Waals surface area contributed by atoms with Gasteiger partial charge in [-0.05, 0) is 50.1 Å². The summed E-state index contributed by atoms with van der Waals surface area (Å²) in [6.45, 7) is 2.50. The van der Waals surface area contributed by atoms with Crippen LogP contribution in [0.3, 0.4) is 0 Å². The Hall–Kier alpha value is -3.06. The van der Waals surface area contributed by atoms with E-state index in [1.807, 2.05) is 0 Å². The van der Waals surface area contributed by atoms with Crippen molar-refractivity contribution in [3.05, 3.63) is 52.5 Å². The lowest BCUT2D eigenvalue weighted by atomic mass is 9.95. The van der Waals surface area contributed by atoms with Crippen LogP contribution in [0.4, 0.5) is 5.69 Å². The number of anilines is 1. The second-order valence-corrected chi connectivity index (χ2v) is 7.81. The third-order valence-corrected chi connectivity index (χ3v) is 5.65. The second-order valence-electron chi connectivity index (χ2n) is 7.37. The first-order valence-electron chi connectivity index (χ1n) is 9.72. The molecule has 2 amide bonds. The molecule has 0 spiro atoms. The predicted molar refractivity (Wildman–Crippen MR) is 111 cm³/mol. The first-order valence-corrected chi connectivity index (χ1v) is 10.1. The third kappa shape index (κ3) is 4.11. The number of Topliss-reactive ketones (excluding diaryl/α,β-unsaturated/α-hetero) is 1. The standard InChI is InChI=1S/C22H21ClN2O5/c1-13(26)17-10-19-20(30-12-29-19)11-18(17)24-21(27)14-6-8-25(9-7-14)22(28)15-2-4-16(23)5-3-15/h2-5,10-11,14H,6-9,12H2,1H3,(H,24,27). The summed E-state index contributed by atoms with van der Waals surface area (Å²) in [4.78, 5) is 39.2. The van der Waals surface area contributed by atoms with Crippen LogP contribution in [0.25, 0.3) is 0 Å². The van der Waals surface area contributed by atoms with Crippen molar-refractivity contribution in [3.63, 3.8) is 0 Å².